The number of β-amino-alcohol motifs (C(OH)–C–C–N with tert-alkyl or cyclic N) is 1. The van der Waals surface area contributed by atoms with Crippen LogP contribution >= 0.6 is 11.6 Å². The number of fused-ring (bicyclic) bond motifs is 1. The number of aryl methyl sites for hydroxylation is 1. The zero-order chi connectivity index (χ0) is 33.1. The molecule has 1 aromatic heterocycles. The molecule has 12 heteroatoms. The minimum Gasteiger partial charge on any atom is -0.493 e. The molecule has 246 valence electrons. The Morgan fingerprint density at radius 2 is 1.63 bits per heavy atom. The quantitative estimate of drug-likeness (QED) is 0.175. The molecule has 0 bridgehead atoms. The Labute approximate surface area is 269 Å². The SMILES string of the molecule is COc1cc(CCC(=O)O)cc(OC)c1OC1CCN(CC(O)(c2cn(Cc3ccccc3)c3cc(Cl)ccc23)C(F)(F)F)CC1. The Bertz CT molecular complexity index is 1650. The topological polar surface area (TPSA) is 93.4 Å². The molecule has 4 aromatic rings. The minimum absolute atomic E-state index is 0.0590. The first-order valence-corrected chi connectivity index (χ1v) is 15.3. The second kappa shape index (κ2) is 13.8. The molecular weight excluding hydrogens is 625 g/mol. The number of likely N-dealkylation sites (tertiary alicyclic amines) is 1. The van der Waals surface area contributed by atoms with Crippen molar-refractivity contribution in [3.8, 4) is 17.2 Å². The smallest absolute Gasteiger partial charge is 0.422 e. The minimum atomic E-state index is -4.96. The molecule has 2 heterocycles. The molecule has 0 aliphatic carbocycles. The molecule has 1 fully saturated rings. The van der Waals surface area contributed by atoms with Gasteiger partial charge in [0.2, 0.25) is 11.4 Å². The largest absolute Gasteiger partial charge is 0.493 e. The van der Waals surface area contributed by atoms with Gasteiger partial charge in [0.05, 0.1) is 19.7 Å². The molecule has 46 heavy (non-hydrogen) atoms. The Hall–Kier alpha value is -3.93. The third kappa shape index (κ3) is 7.22. The molecule has 3 aromatic carbocycles. The fourth-order valence-electron chi connectivity index (χ4n) is 5.95. The van der Waals surface area contributed by atoms with E-state index in [-0.39, 0.29) is 43.0 Å². The predicted molar refractivity (Wildman–Crippen MR) is 168 cm³/mol. The lowest BCUT2D eigenvalue weighted by atomic mass is 9.91. The van der Waals surface area contributed by atoms with Gasteiger partial charge in [-0.1, -0.05) is 48.0 Å². The maximum Gasteiger partial charge on any atom is 0.422 e. The monoisotopic (exact) mass is 660 g/mol. The Kier molecular flexibility index (Phi) is 10.0. The lowest BCUT2D eigenvalue weighted by Crippen LogP contribution is -2.53. The van der Waals surface area contributed by atoms with Gasteiger partial charge in [-0.25, -0.2) is 0 Å². The number of rotatable bonds is 12. The number of aromatic nitrogens is 1. The number of carboxylic acid groups (broad SMARTS) is 1. The fourth-order valence-corrected chi connectivity index (χ4v) is 6.12. The second-order valence-electron chi connectivity index (χ2n) is 11.5. The number of carbonyl (C=O) groups is 1. The van der Waals surface area contributed by atoms with Crippen molar-refractivity contribution in [3.63, 3.8) is 0 Å². The summed E-state index contributed by atoms with van der Waals surface area (Å²) in [6.07, 6.45) is -2.92. The highest BCUT2D eigenvalue weighted by molar-refractivity contribution is 6.31. The zero-order valence-corrected chi connectivity index (χ0v) is 26.3. The van der Waals surface area contributed by atoms with E-state index in [0.717, 1.165) is 5.56 Å². The molecule has 0 radical (unpaired) electrons. The number of hydrogen-bond acceptors (Lipinski definition) is 6. The van der Waals surface area contributed by atoms with Crippen molar-refractivity contribution in [3.05, 3.63) is 88.6 Å². The van der Waals surface area contributed by atoms with Crippen LogP contribution < -0.4 is 14.2 Å². The summed E-state index contributed by atoms with van der Waals surface area (Å²) < 4.78 is 63.5. The van der Waals surface area contributed by atoms with Crippen LogP contribution in [0.3, 0.4) is 0 Å². The van der Waals surface area contributed by atoms with Crippen LogP contribution in [0.2, 0.25) is 5.02 Å². The number of benzene rings is 3. The van der Waals surface area contributed by atoms with Crippen LogP contribution in [0.15, 0.2) is 66.9 Å². The maximum absolute atomic E-state index is 14.9. The molecular formula is C34H36ClF3N2O6. The lowest BCUT2D eigenvalue weighted by Gasteiger charge is -2.39. The average Bonchev–Trinajstić information content (AvgIpc) is 3.38. The van der Waals surface area contributed by atoms with Gasteiger partial charge in [0.15, 0.2) is 11.5 Å². The summed E-state index contributed by atoms with van der Waals surface area (Å²) >= 11 is 6.25. The van der Waals surface area contributed by atoms with Gasteiger partial charge in [-0.05, 0) is 54.7 Å². The maximum atomic E-state index is 14.9. The first kappa shape index (κ1) is 33.4. The van der Waals surface area contributed by atoms with Gasteiger partial charge in [0.1, 0.15) is 6.10 Å². The van der Waals surface area contributed by atoms with Gasteiger partial charge in [-0.15, -0.1) is 0 Å². The predicted octanol–water partition coefficient (Wildman–Crippen LogP) is 6.67. The summed E-state index contributed by atoms with van der Waals surface area (Å²) in [5.41, 5.74) is -1.27. The molecule has 1 saturated heterocycles. The zero-order valence-electron chi connectivity index (χ0n) is 25.5. The summed E-state index contributed by atoms with van der Waals surface area (Å²) in [4.78, 5) is 12.6. The number of nitrogens with zero attached hydrogens (tertiary/aromatic N) is 2. The van der Waals surface area contributed by atoms with Crippen molar-refractivity contribution < 1.29 is 42.4 Å². The van der Waals surface area contributed by atoms with Crippen LogP contribution in [0.25, 0.3) is 10.9 Å². The fraction of sp³-hybridized carbons (Fsp3) is 0.382. The first-order chi connectivity index (χ1) is 21.9. The number of aliphatic carboxylic acids is 1. The second-order valence-corrected chi connectivity index (χ2v) is 11.9. The summed E-state index contributed by atoms with van der Waals surface area (Å²) in [7, 11) is 2.93. The number of piperidine rings is 1. The first-order valence-electron chi connectivity index (χ1n) is 14.9. The van der Waals surface area contributed by atoms with Crippen molar-refractivity contribution in [1.29, 1.82) is 0 Å². The number of alkyl halides is 3. The van der Waals surface area contributed by atoms with Crippen molar-refractivity contribution in [1.82, 2.24) is 9.47 Å². The molecule has 5 rings (SSSR count). The molecule has 0 saturated carbocycles. The van der Waals surface area contributed by atoms with E-state index < -0.39 is 24.3 Å². The van der Waals surface area contributed by atoms with Crippen LogP contribution in [-0.2, 0) is 23.4 Å². The van der Waals surface area contributed by atoms with E-state index in [1.54, 1.807) is 27.7 Å². The van der Waals surface area contributed by atoms with Crippen LogP contribution in [0.5, 0.6) is 17.2 Å². The lowest BCUT2D eigenvalue weighted by molar-refractivity contribution is -0.272. The number of ether oxygens (including phenoxy) is 3. The molecule has 2 N–H and O–H groups in total. The van der Waals surface area contributed by atoms with E-state index >= 15 is 0 Å². The Morgan fingerprint density at radius 3 is 2.22 bits per heavy atom. The van der Waals surface area contributed by atoms with Gasteiger partial charge in [0, 0.05) is 54.8 Å². The normalized spacial score (nSPS) is 15.9. The van der Waals surface area contributed by atoms with Gasteiger partial charge < -0.3 is 29.0 Å². The van der Waals surface area contributed by atoms with Crippen molar-refractivity contribution in [2.75, 3.05) is 33.9 Å². The molecule has 1 atom stereocenters. The summed E-state index contributed by atoms with van der Waals surface area (Å²) in [5.74, 6) is 0.171. The highest BCUT2D eigenvalue weighted by Gasteiger charge is 2.57. The van der Waals surface area contributed by atoms with E-state index in [2.05, 4.69) is 0 Å². The number of halogens is 4. The third-order valence-electron chi connectivity index (χ3n) is 8.37. The highest BCUT2D eigenvalue weighted by atomic mass is 35.5. The van der Waals surface area contributed by atoms with Crippen molar-refractivity contribution in [2.24, 2.45) is 0 Å². The average molecular weight is 661 g/mol. The van der Waals surface area contributed by atoms with Crippen LogP contribution in [0.1, 0.15) is 36.0 Å². The van der Waals surface area contributed by atoms with Crippen molar-refractivity contribution >= 4 is 28.5 Å². The van der Waals surface area contributed by atoms with E-state index in [1.165, 1.54) is 32.5 Å². The van der Waals surface area contributed by atoms with Crippen molar-refractivity contribution in [2.45, 2.75) is 50.1 Å². The summed E-state index contributed by atoms with van der Waals surface area (Å²) in [6, 6.07) is 17.4. The number of methoxy groups -OCH3 is 2. The van der Waals surface area contributed by atoms with E-state index in [0.29, 0.717) is 52.7 Å². The number of hydrogen-bond donors (Lipinski definition) is 2. The Balaban J connectivity index is 1.35. The van der Waals surface area contributed by atoms with Gasteiger partial charge in [-0.3, -0.25) is 9.69 Å². The highest BCUT2D eigenvalue weighted by Crippen LogP contribution is 2.45. The summed E-state index contributed by atoms with van der Waals surface area (Å²) in [6.45, 7) is 0.154. The van der Waals surface area contributed by atoms with E-state index in [1.807, 2.05) is 30.3 Å². The molecule has 8 nitrogen and oxygen atoms in total. The molecule has 1 aliphatic rings. The number of carboxylic acids is 1. The molecule has 1 unspecified atom stereocenters. The third-order valence-corrected chi connectivity index (χ3v) is 8.61. The summed E-state index contributed by atoms with van der Waals surface area (Å²) in [5, 5.41) is 21.2. The molecule has 1 aliphatic heterocycles. The van der Waals surface area contributed by atoms with Crippen LogP contribution in [-0.4, -0.2) is 71.8 Å². The Morgan fingerprint density at radius 1 is 0.978 bits per heavy atom. The van der Waals surface area contributed by atoms with E-state index in [4.69, 9.17) is 30.9 Å². The van der Waals surface area contributed by atoms with Gasteiger partial charge in [-0.2, -0.15) is 13.2 Å². The van der Waals surface area contributed by atoms with Crippen LogP contribution in [0, 0.1) is 0 Å². The standard InChI is InChI=1S/C34H36ClF3N2O6/c1-44-29-16-23(8-11-31(41)42)17-30(45-2)32(29)46-25-12-14-39(15-13-25)21-33(43,34(36,37)38)27-20-40(19-22-6-4-3-5-7-22)28-18-24(35)9-10-26(27)28/h3-7,9-10,16-18,20,25,43H,8,11-15,19,21H2,1-2H3,(H,41,42). The van der Waals surface area contributed by atoms with Gasteiger partial charge in [0.25, 0.3) is 0 Å². The number of aliphatic hydroxyl groups is 1. The van der Waals surface area contributed by atoms with Crippen LogP contribution in [0.4, 0.5) is 13.2 Å². The van der Waals surface area contributed by atoms with Gasteiger partial charge >= 0.3 is 12.1 Å². The van der Waals surface area contributed by atoms with E-state index in [9.17, 15) is 23.1 Å². The molecule has 0 spiro atoms. The molecule has 0 amide bonds.